The predicted octanol–water partition coefficient (Wildman–Crippen LogP) is 2.70. The molecule has 0 aliphatic rings. The molecule has 0 saturated heterocycles. The molecule has 0 bridgehead atoms. The molecule has 106 valence electrons. The van der Waals surface area contributed by atoms with Gasteiger partial charge in [0.05, 0.1) is 6.54 Å². The molecule has 0 fully saturated rings. The van der Waals surface area contributed by atoms with Gasteiger partial charge < -0.3 is 0 Å². The average molecular weight is 301 g/mol. The van der Waals surface area contributed by atoms with Gasteiger partial charge >= 0.3 is 5.69 Å². The number of rotatable bonds is 2. The van der Waals surface area contributed by atoms with Crippen molar-refractivity contribution in [3.05, 3.63) is 79.6 Å². The topological polar surface area (TPSA) is 54.9 Å². The van der Waals surface area contributed by atoms with E-state index in [0.717, 1.165) is 16.3 Å². The number of hydrogen-bond acceptors (Lipinski definition) is 2. The highest BCUT2D eigenvalue weighted by atomic mass is 35.5. The van der Waals surface area contributed by atoms with Crippen LogP contribution >= 0.6 is 11.6 Å². The normalized spacial score (nSPS) is 11.0. The van der Waals surface area contributed by atoms with Crippen LogP contribution in [0.3, 0.4) is 0 Å². The molecule has 0 aliphatic carbocycles. The summed E-state index contributed by atoms with van der Waals surface area (Å²) in [5.74, 6) is 0. The molecule has 1 N–H and O–H groups in total. The van der Waals surface area contributed by atoms with Crippen LogP contribution in [0.1, 0.15) is 11.1 Å². The van der Waals surface area contributed by atoms with Crippen molar-refractivity contribution in [2.45, 2.75) is 13.5 Å². The highest BCUT2D eigenvalue weighted by molar-refractivity contribution is 6.30. The first kappa shape index (κ1) is 13.6. The number of nitrogens with one attached hydrogen (secondary N) is 1. The number of fused-ring (bicyclic) bond motifs is 1. The predicted molar refractivity (Wildman–Crippen MR) is 84.1 cm³/mol. The van der Waals surface area contributed by atoms with E-state index >= 15 is 0 Å². The number of aromatic nitrogens is 2. The Hall–Kier alpha value is -2.33. The van der Waals surface area contributed by atoms with Crippen molar-refractivity contribution in [1.82, 2.24) is 9.55 Å². The number of benzene rings is 2. The monoisotopic (exact) mass is 300 g/mol. The second kappa shape index (κ2) is 5.22. The van der Waals surface area contributed by atoms with Crippen LogP contribution in [0.15, 0.2) is 52.1 Å². The minimum absolute atomic E-state index is 0.0965. The van der Waals surface area contributed by atoms with Crippen molar-refractivity contribution in [3.8, 4) is 0 Å². The summed E-state index contributed by atoms with van der Waals surface area (Å²) in [6, 6.07) is 13.7. The van der Waals surface area contributed by atoms with E-state index in [4.69, 9.17) is 11.6 Å². The second-order valence-corrected chi connectivity index (χ2v) is 5.28. The summed E-state index contributed by atoms with van der Waals surface area (Å²) in [5.41, 5.74) is 0.402. The van der Waals surface area contributed by atoms with Crippen molar-refractivity contribution in [2.24, 2.45) is 0 Å². The van der Waals surface area contributed by atoms with Crippen LogP contribution in [0.25, 0.3) is 10.8 Å². The highest BCUT2D eigenvalue weighted by Crippen LogP contribution is 2.18. The summed E-state index contributed by atoms with van der Waals surface area (Å²) in [6.45, 7) is 1.81. The standard InChI is InChI=1S/C16H13ClN2O2/c1-10-14(17)18-16(21)19(15(10)20)9-12-7-4-6-11-5-2-3-8-13(11)12/h2-8H,9H2,1H3,(H,18,21). The lowest BCUT2D eigenvalue weighted by Crippen LogP contribution is -2.36. The van der Waals surface area contributed by atoms with Crippen molar-refractivity contribution >= 4 is 22.4 Å². The van der Waals surface area contributed by atoms with Gasteiger partial charge in [-0.05, 0) is 23.3 Å². The van der Waals surface area contributed by atoms with Gasteiger partial charge in [-0.3, -0.25) is 14.3 Å². The van der Waals surface area contributed by atoms with Gasteiger partial charge in [0.2, 0.25) is 0 Å². The first-order valence-corrected chi connectivity index (χ1v) is 6.91. The molecule has 2 aromatic carbocycles. The Bertz CT molecular complexity index is 936. The molecule has 5 heteroatoms. The van der Waals surface area contributed by atoms with Gasteiger partial charge in [-0.25, -0.2) is 4.79 Å². The third-order valence-electron chi connectivity index (χ3n) is 3.57. The molecule has 0 atom stereocenters. The zero-order chi connectivity index (χ0) is 15.0. The maximum Gasteiger partial charge on any atom is 0.329 e. The molecular formula is C16H13ClN2O2. The Labute approximate surface area is 125 Å². The number of aromatic amines is 1. The Morgan fingerprint density at radius 1 is 1.10 bits per heavy atom. The minimum atomic E-state index is -0.497. The fraction of sp³-hybridized carbons (Fsp3) is 0.125. The quantitative estimate of drug-likeness (QED) is 0.740. The molecule has 0 aliphatic heterocycles. The summed E-state index contributed by atoms with van der Waals surface area (Å²) >= 11 is 5.82. The van der Waals surface area contributed by atoms with Crippen molar-refractivity contribution in [3.63, 3.8) is 0 Å². The van der Waals surface area contributed by atoms with Crippen LogP contribution in [0.2, 0.25) is 5.15 Å². The van der Waals surface area contributed by atoms with Crippen LogP contribution in [-0.4, -0.2) is 9.55 Å². The molecule has 0 radical (unpaired) electrons. The fourth-order valence-corrected chi connectivity index (χ4v) is 2.55. The summed E-state index contributed by atoms with van der Waals surface area (Å²) in [4.78, 5) is 26.7. The maximum absolute atomic E-state index is 12.2. The smallest absolute Gasteiger partial charge is 0.297 e. The number of nitrogens with zero attached hydrogens (tertiary/aromatic N) is 1. The maximum atomic E-state index is 12.2. The second-order valence-electron chi connectivity index (χ2n) is 4.90. The first-order chi connectivity index (χ1) is 10.1. The van der Waals surface area contributed by atoms with E-state index in [-0.39, 0.29) is 17.3 Å². The van der Waals surface area contributed by atoms with Crippen molar-refractivity contribution in [1.29, 1.82) is 0 Å². The summed E-state index contributed by atoms with van der Waals surface area (Å²) in [7, 11) is 0. The molecule has 4 nitrogen and oxygen atoms in total. The van der Waals surface area contributed by atoms with Crippen molar-refractivity contribution < 1.29 is 0 Å². The lowest BCUT2D eigenvalue weighted by molar-refractivity contribution is 0.695. The van der Waals surface area contributed by atoms with Crippen LogP contribution in [0, 0.1) is 6.92 Å². The van der Waals surface area contributed by atoms with Crippen LogP contribution in [-0.2, 0) is 6.54 Å². The number of H-pyrrole nitrogens is 1. The lowest BCUT2D eigenvalue weighted by Gasteiger charge is -2.09. The van der Waals surface area contributed by atoms with E-state index in [2.05, 4.69) is 4.98 Å². The number of halogens is 1. The van der Waals surface area contributed by atoms with Crippen LogP contribution < -0.4 is 11.2 Å². The van der Waals surface area contributed by atoms with Gasteiger partial charge in [0.25, 0.3) is 5.56 Å². The SMILES string of the molecule is Cc1c(Cl)[nH]c(=O)n(Cc2cccc3ccccc23)c1=O. The third kappa shape index (κ3) is 2.38. The van der Waals surface area contributed by atoms with E-state index in [1.165, 1.54) is 4.57 Å². The van der Waals surface area contributed by atoms with E-state index in [1.54, 1.807) is 6.92 Å². The molecule has 0 saturated carbocycles. The minimum Gasteiger partial charge on any atom is -0.297 e. The molecule has 3 rings (SSSR count). The van der Waals surface area contributed by atoms with E-state index in [0.29, 0.717) is 5.56 Å². The summed E-state index contributed by atoms with van der Waals surface area (Å²) in [5, 5.41) is 2.20. The fourth-order valence-electron chi connectivity index (χ4n) is 2.39. The molecule has 0 amide bonds. The van der Waals surface area contributed by atoms with Crippen LogP contribution in [0.5, 0.6) is 0 Å². The summed E-state index contributed by atoms with van der Waals surface area (Å²) in [6.07, 6.45) is 0. The third-order valence-corrected chi connectivity index (χ3v) is 3.94. The average Bonchev–Trinajstić information content (AvgIpc) is 2.49. The molecule has 1 heterocycles. The lowest BCUT2D eigenvalue weighted by atomic mass is 10.0. The zero-order valence-corrected chi connectivity index (χ0v) is 12.1. The molecule has 21 heavy (non-hydrogen) atoms. The Balaban J connectivity index is 2.18. The molecule has 0 unspecified atom stereocenters. The first-order valence-electron chi connectivity index (χ1n) is 6.54. The Morgan fingerprint density at radius 3 is 2.62 bits per heavy atom. The van der Waals surface area contributed by atoms with Crippen molar-refractivity contribution in [2.75, 3.05) is 0 Å². The number of hydrogen-bond donors (Lipinski definition) is 1. The van der Waals surface area contributed by atoms with Gasteiger partial charge in [-0.1, -0.05) is 54.1 Å². The molecule has 1 aromatic heterocycles. The zero-order valence-electron chi connectivity index (χ0n) is 11.4. The van der Waals surface area contributed by atoms with Gasteiger partial charge in [-0.15, -0.1) is 0 Å². The Morgan fingerprint density at radius 2 is 1.81 bits per heavy atom. The van der Waals surface area contributed by atoms with Gasteiger partial charge in [-0.2, -0.15) is 0 Å². The molecule has 0 spiro atoms. The highest BCUT2D eigenvalue weighted by Gasteiger charge is 2.10. The van der Waals surface area contributed by atoms with E-state index in [9.17, 15) is 9.59 Å². The molecular weight excluding hydrogens is 288 g/mol. The van der Waals surface area contributed by atoms with E-state index < -0.39 is 5.69 Å². The van der Waals surface area contributed by atoms with Gasteiger partial charge in [0.1, 0.15) is 5.15 Å². The van der Waals surface area contributed by atoms with Gasteiger partial charge in [0, 0.05) is 5.56 Å². The van der Waals surface area contributed by atoms with Gasteiger partial charge in [0.15, 0.2) is 0 Å². The largest absolute Gasteiger partial charge is 0.329 e. The molecule has 3 aromatic rings. The van der Waals surface area contributed by atoms with Crippen LogP contribution in [0.4, 0.5) is 0 Å². The summed E-state index contributed by atoms with van der Waals surface area (Å²) < 4.78 is 1.17. The Kier molecular flexibility index (Phi) is 3.39. The van der Waals surface area contributed by atoms with E-state index in [1.807, 2.05) is 42.5 Å².